The van der Waals surface area contributed by atoms with E-state index >= 15 is 0 Å². The zero-order chi connectivity index (χ0) is 16.0. The molecule has 0 unspecified atom stereocenters. The summed E-state index contributed by atoms with van der Waals surface area (Å²) in [6.07, 6.45) is 1.21. The van der Waals surface area contributed by atoms with Crippen molar-refractivity contribution in [1.82, 2.24) is 4.90 Å². The molecule has 23 heavy (non-hydrogen) atoms. The Kier molecular flexibility index (Phi) is 3.64. The van der Waals surface area contributed by atoms with E-state index in [1.165, 1.54) is 11.3 Å². The fraction of sp³-hybridized carbons (Fsp3) is 0.421. The molecular weight excluding hydrogens is 306 g/mol. The molecule has 1 aromatic carbocycles. The number of rotatable bonds is 1. The molecule has 0 spiro atoms. The Morgan fingerprint density at radius 1 is 1.22 bits per heavy atom. The van der Waals surface area contributed by atoms with Crippen LogP contribution in [0.1, 0.15) is 35.5 Å². The highest BCUT2D eigenvalue weighted by Gasteiger charge is 2.29. The molecule has 1 amide bonds. The van der Waals surface area contributed by atoms with Crippen molar-refractivity contribution >= 4 is 17.2 Å². The molecule has 0 saturated carbocycles. The first-order valence-electron chi connectivity index (χ1n) is 8.26. The molecule has 1 aromatic heterocycles. The zero-order valence-corrected chi connectivity index (χ0v) is 14.4. The largest absolute Gasteiger partial charge is 0.488 e. The average molecular weight is 327 g/mol. The van der Waals surface area contributed by atoms with E-state index in [4.69, 9.17) is 4.74 Å². The number of carbonyl (C=O) groups excluding carboxylic acids is 1. The molecule has 0 N–H and O–H groups in total. The van der Waals surface area contributed by atoms with Crippen LogP contribution in [0.2, 0.25) is 0 Å². The summed E-state index contributed by atoms with van der Waals surface area (Å²) < 4.78 is 5.80. The Balaban J connectivity index is 1.65. The van der Waals surface area contributed by atoms with Gasteiger partial charge in [-0.15, -0.1) is 11.3 Å². The Labute approximate surface area is 140 Å². The monoisotopic (exact) mass is 327 g/mol. The number of fused-ring (bicyclic) bond motifs is 3. The lowest BCUT2D eigenvalue weighted by molar-refractivity contribution is 0.0628. The standard InChI is InChI=1S/C19H21NO2S/c1-12-7-13(2)10-20(9-12)19(21)17-8-14-11-22-16-6-4-3-5-15(16)18(14)23-17/h3-6,8,12-13H,7,9-11H2,1-2H3/t12-,13+. The molecule has 0 aliphatic carbocycles. The van der Waals surface area contributed by atoms with E-state index in [9.17, 15) is 4.79 Å². The molecule has 4 heteroatoms. The number of thiophene rings is 1. The van der Waals surface area contributed by atoms with E-state index in [1.54, 1.807) is 11.3 Å². The topological polar surface area (TPSA) is 29.5 Å². The van der Waals surface area contributed by atoms with Crippen LogP contribution < -0.4 is 4.74 Å². The SMILES string of the molecule is C[C@@H]1C[C@H](C)CN(C(=O)c2cc3c(s2)-c2ccccc2OC3)C1. The number of ether oxygens (including phenoxy) is 1. The minimum atomic E-state index is 0.181. The van der Waals surface area contributed by atoms with Gasteiger partial charge in [-0.3, -0.25) is 4.79 Å². The third-order valence-corrected chi connectivity index (χ3v) is 5.89. The lowest BCUT2D eigenvalue weighted by Gasteiger charge is -2.34. The maximum absolute atomic E-state index is 12.9. The first-order valence-corrected chi connectivity index (χ1v) is 9.07. The van der Waals surface area contributed by atoms with Gasteiger partial charge in [-0.05, 0) is 36.5 Å². The van der Waals surface area contributed by atoms with E-state index in [-0.39, 0.29) is 5.91 Å². The third kappa shape index (κ3) is 2.65. The van der Waals surface area contributed by atoms with E-state index in [0.29, 0.717) is 18.4 Å². The summed E-state index contributed by atoms with van der Waals surface area (Å²) >= 11 is 1.61. The van der Waals surface area contributed by atoms with Crippen LogP contribution in [0.5, 0.6) is 5.75 Å². The van der Waals surface area contributed by atoms with E-state index in [0.717, 1.165) is 34.8 Å². The average Bonchev–Trinajstić information content (AvgIpc) is 2.98. The van der Waals surface area contributed by atoms with Gasteiger partial charge in [-0.1, -0.05) is 26.0 Å². The molecule has 2 aromatic rings. The van der Waals surface area contributed by atoms with Crippen LogP contribution in [-0.2, 0) is 6.61 Å². The molecule has 4 rings (SSSR count). The summed E-state index contributed by atoms with van der Waals surface area (Å²) in [5.74, 6) is 2.27. The van der Waals surface area contributed by atoms with Crippen LogP contribution >= 0.6 is 11.3 Å². The van der Waals surface area contributed by atoms with Crippen molar-refractivity contribution in [3.63, 3.8) is 0 Å². The maximum Gasteiger partial charge on any atom is 0.263 e. The second-order valence-electron chi connectivity index (χ2n) is 6.91. The molecule has 0 bridgehead atoms. The number of nitrogens with zero attached hydrogens (tertiary/aromatic N) is 1. The van der Waals surface area contributed by atoms with E-state index in [1.807, 2.05) is 29.2 Å². The minimum absolute atomic E-state index is 0.181. The van der Waals surface area contributed by atoms with Crippen LogP contribution in [0.25, 0.3) is 10.4 Å². The number of likely N-dealkylation sites (tertiary alicyclic amines) is 1. The first kappa shape index (κ1) is 14.8. The number of amides is 1. The van der Waals surface area contributed by atoms with E-state index < -0.39 is 0 Å². The molecule has 1 saturated heterocycles. The van der Waals surface area contributed by atoms with Gasteiger partial charge in [0.25, 0.3) is 5.91 Å². The number of hydrogen-bond acceptors (Lipinski definition) is 3. The number of carbonyl (C=O) groups is 1. The van der Waals surface area contributed by atoms with Crippen molar-refractivity contribution in [2.75, 3.05) is 13.1 Å². The Bertz CT molecular complexity index is 742. The maximum atomic E-state index is 12.9. The van der Waals surface area contributed by atoms with Gasteiger partial charge >= 0.3 is 0 Å². The van der Waals surface area contributed by atoms with E-state index in [2.05, 4.69) is 19.9 Å². The van der Waals surface area contributed by atoms with Gasteiger partial charge < -0.3 is 9.64 Å². The summed E-state index contributed by atoms with van der Waals surface area (Å²) in [6.45, 7) is 6.78. The molecule has 120 valence electrons. The molecule has 3 heterocycles. The van der Waals surface area contributed by atoms with Crippen LogP contribution in [0.4, 0.5) is 0 Å². The third-order valence-electron chi connectivity index (χ3n) is 4.69. The first-order chi connectivity index (χ1) is 11.1. The molecule has 0 radical (unpaired) electrons. The minimum Gasteiger partial charge on any atom is -0.488 e. The molecule has 2 atom stereocenters. The van der Waals surface area contributed by atoms with Crippen molar-refractivity contribution in [2.24, 2.45) is 11.8 Å². The molecular formula is C19H21NO2S. The summed E-state index contributed by atoms with van der Waals surface area (Å²) in [7, 11) is 0. The van der Waals surface area contributed by atoms with Gasteiger partial charge in [0.15, 0.2) is 0 Å². The quantitative estimate of drug-likeness (QED) is 0.775. The van der Waals surface area contributed by atoms with Crippen molar-refractivity contribution in [3.8, 4) is 16.2 Å². The summed E-state index contributed by atoms with van der Waals surface area (Å²) in [6, 6.07) is 10.1. The lowest BCUT2D eigenvalue weighted by atomic mass is 9.92. The Hall–Kier alpha value is -1.81. The van der Waals surface area contributed by atoms with Crippen LogP contribution in [0.15, 0.2) is 30.3 Å². The van der Waals surface area contributed by atoms with Crippen molar-refractivity contribution in [1.29, 1.82) is 0 Å². The summed E-state index contributed by atoms with van der Waals surface area (Å²) in [5, 5.41) is 0. The highest BCUT2D eigenvalue weighted by atomic mass is 32.1. The normalized spacial score (nSPS) is 23.0. The van der Waals surface area contributed by atoms with Gasteiger partial charge in [-0.25, -0.2) is 0 Å². The van der Waals surface area contributed by atoms with Gasteiger partial charge in [0.05, 0.1) is 4.88 Å². The van der Waals surface area contributed by atoms with Crippen LogP contribution in [-0.4, -0.2) is 23.9 Å². The lowest BCUT2D eigenvalue weighted by Crippen LogP contribution is -2.42. The van der Waals surface area contributed by atoms with Gasteiger partial charge in [0.2, 0.25) is 0 Å². The van der Waals surface area contributed by atoms with Gasteiger partial charge in [0, 0.05) is 29.1 Å². The highest BCUT2D eigenvalue weighted by Crippen LogP contribution is 2.42. The number of para-hydroxylation sites is 1. The smallest absolute Gasteiger partial charge is 0.263 e. The van der Waals surface area contributed by atoms with Crippen molar-refractivity contribution < 1.29 is 9.53 Å². The molecule has 1 fully saturated rings. The predicted molar refractivity (Wildman–Crippen MR) is 92.9 cm³/mol. The van der Waals surface area contributed by atoms with Crippen LogP contribution in [0.3, 0.4) is 0 Å². The Morgan fingerprint density at radius 2 is 1.96 bits per heavy atom. The number of piperidine rings is 1. The summed E-state index contributed by atoms with van der Waals surface area (Å²) in [4.78, 5) is 17.0. The summed E-state index contributed by atoms with van der Waals surface area (Å²) in [5.41, 5.74) is 2.24. The highest BCUT2D eigenvalue weighted by molar-refractivity contribution is 7.17. The molecule has 3 nitrogen and oxygen atoms in total. The predicted octanol–water partition coefficient (Wildman–Crippen LogP) is 4.43. The Morgan fingerprint density at radius 3 is 2.74 bits per heavy atom. The molecule has 2 aliphatic heterocycles. The number of hydrogen-bond donors (Lipinski definition) is 0. The number of benzene rings is 1. The van der Waals surface area contributed by atoms with Gasteiger partial charge in [-0.2, -0.15) is 0 Å². The van der Waals surface area contributed by atoms with Gasteiger partial charge in [0.1, 0.15) is 12.4 Å². The second-order valence-corrected chi connectivity index (χ2v) is 7.96. The molecule has 2 aliphatic rings. The van der Waals surface area contributed by atoms with Crippen molar-refractivity contribution in [3.05, 3.63) is 40.8 Å². The van der Waals surface area contributed by atoms with Crippen LogP contribution in [0, 0.1) is 11.8 Å². The second kappa shape index (κ2) is 5.68. The zero-order valence-electron chi connectivity index (χ0n) is 13.5. The fourth-order valence-electron chi connectivity index (χ4n) is 3.79. The van der Waals surface area contributed by atoms with Crippen molar-refractivity contribution in [2.45, 2.75) is 26.9 Å². The fourth-order valence-corrected chi connectivity index (χ4v) is 4.95.